The zero-order chi connectivity index (χ0) is 15.5. The standard InChI is InChI=1S/C14H27N3O3S/c1-11(14(18)16-12-5-3-4-6-12)15-13-7-9-17(10-8-13)21(2,19)20/h11-13,15H,3-10H2,1-2H3,(H,16,18). The number of nitrogens with one attached hydrogen (secondary N) is 2. The Bertz CT molecular complexity index is 452. The fourth-order valence-electron chi connectivity index (χ4n) is 3.18. The molecule has 2 rings (SSSR count). The van der Waals surface area contributed by atoms with Gasteiger partial charge in [-0.3, -0.25) is 4.79 Å². The predicted octanol–water partition coefficient (Wildman–Crippen LogP) is 0.447. The van der Waals surface area contributed by atoms with Crippen LogP contribution in [0.25, 0.3) is 0 Å². The number of hydrogen-bond donors (Lipinski definition) is 2. The monoisotopic (exact) mass is 317 g/mol. The molecular weight excluding hydrogens is 290 g/mol. The summed E-state index contributed by atoms with van der Waals surface area (Å²) in [6.45, 7) is 2.95. The summed E-state index contributed by atoms with van der Waals surface area (Å²) in [5.74, 6) is 0.0624. The molecule has 1 heterocycles. The normalized spacial score (nSPS) is 24.1. The average molecular weight is 317 g/mol. The first-order valence-electron chi connectivity index (χ1n) is 7.88. The van der Waals surface area contributed by atoms with Crippen LogP contribution in [0, 0.1) is 0 Å². The predicted molar refractivity (Wildman–Crippen MR) is 82.4 cm³/mol. The first kappa shape index (κ1) is 16.7. The lowest BCUT2D eigenvalue weighted by Crippen LogP contribution is -2.52. The van der Waals surface area contributed by atoms with Crippen molar-refractivity contribution in [2.45, 2.75) is 63.6 Å². The summed E-state index contributed by atoms with van der Waals surface area (Å²) in [7, 11) is -3.08. The molecule has 0 aromatic heterocycles. The number of hydrogen-bond acceptors (Lipinski definition) is 4. The maximum absolute atomic E-state index is 12.1. The molecule has 0 radical (unpaired) electrons. The van der Waals surface area contributed by atoms with Gasteiger partial charge in [-0.25, -0.2) is 12.7 Å². The van der Waals surface area contributed by atoms with Crippen molar-refractivity contribution in [3.63, 3.8) is 0 Å². The van der Waals surface area contributed by atoms with Gasteiger partial charge in [0.15, 0.2) is 0 Å². The van der Waals surface area contributed by atoms with E-state index in [1.807, 2.05) is 6.92 Å². The van der Waals surface area contributed by atoms with E-state index < -0.39 is 10.0 Å². The number of amides is 1. The molecule has 0 bridgehead atoms. The van der Waals surface area contributed by atoms with E-state index in [1.54, 1.807) is 0 Å². The quantitative estimate of drug-likeness (QED) is 0.771. The third kappa shape index (κ3) is 4.93. The lowest BCUT2D eigenvalue weighted by atomic mass is 10.1. The highest BCUT2D eigenvalue weighted by molar-refractivity contribution is 7.88. The zero-order valence-corrected chi connectivity index (χ0v) is 13.8. The Morgan fingerprint density at radius 1 is 1.10 bits per heavy atom. The molecule has 21 heavy (non-hydrogen) atoms. The minimum absolute atomic E-state index is 0.0624. The number of carbonyl (C=O) groups excluding carboxylic acids is 1. The molecule has 1 saturated heterocycles. The van der Waals surface area contributed by atoms with Crippen LogP contribution in [-0.4, -0.2) is 56.1 Å². The topological polar surface area (TPSA) is 78.5 Å². The van der Waals surface area contributed by atoms with Crippen molar-refractivity contribution in [3.05, 3.63) is 0 Å². The summed E-state index contributed by atoms with van der Waals surface area (Å²) in [4.78, 5) is 12.1. The van der Waals surface area contributed by atoms with Gasteiger partial charge in [-0.1, -0.05) is 12.8 Å². The van der Waals surface area contributed by atoms with Crippen LogP contribution < -0.4 is 10.6 Å². The van der Waals surface area contributed by atoms with Crippen LogP contribution in [0.5, 0.6) is 0 Å². The van der Waals surface area contributed by atoms with Gasteiger partial charge >= 0.3 is 0 Å². The number of piperidine rings is 1. The van der Waals surface area contributed by atoms with Crippen molar-refractivity contribution in [1.82, 2.24) is 14.9 Å². The van der Waals surface area contributed by atoms with Crippen molar-refractivity contribution in [1.29, 1.82) is 0 Å². The molecule has 0 aromatic rings. The molecule has 1 unspecified atom stereocenters. The van der Waals surface area contributed by atoms with Gasteiger partial charge in [0.25, 0.3) is 0 Å². The van der Waals surface area contributed by atoms with Gasteiger partial charge in [0.05, 0.1) is 12.3 Å². The fraction of sp³-hybridized carbons (Fsp3) is 0.929. The molecule has 7 heteroatoms. The van der Waals surface area contributed by atoms with E-state index >= 15 is 0 Å². The van der Waals surface area contributed by atoms with E-state index in [0.29, 0.717) is 19.1 Å². The summed E-state index contributed by atoms with van der Waals surface area (Å²) in [6, 6.07) is 0.335. The Labute approximate surface area is 127 Å². The second-order valence-corrected chi connectivity index (χ2v) is 8.30. The van der Waals surface area contributed by atoms with Crippen molar-refractivity contribution in [3.8, 4) is 0 Å². The third-order valence-corrected chi connectivity index (χ3v) is 5.81. The third-order valence-electron chi connectivity index (χ3n) is 4.50. The highest BCUT2D eigenvalue weighted by Gasteiger charge is 2.27. The van der Waals surface area contributed by atoms with Crippen LogP contribution in [0.3, 0.4) is 0 Å². The summed E-state index contributed by atoms with van der Waals surface area (Å²) in [5.41, 5.74) is 0. The first-order chi connectivity index (χ1) is 9.86. The zero-order valence-electron chi connectivity index (χ0n) is 13.0. The van der Waals surface area contributed by atoms with Gasteiger partial charge < -0.3 is 10.6 Å². The summed E-state index contributed by atoms with van der Waals surface area (Å²) in [5, 5.41) is 6.42. The van der Waals surface area contributed by atoms with Crippen LogP contribution in [0.4, 0.5) is 0 Å². The van der Waals surface area contributed by atoms with Crippen molar-refractivity contribution < 1.29 is 13.2 Å². The molecule has 1 saturated carbocycles. The molecule has 0 aromatic carbocycles. The van der Waals surface area contributed by atoms with Crippen LogP contribution in [-0.2, 0) is 14.8 Å². The lowest BCUT2D eigenvalue weighted by molar-refractivity contribution is -0.123. The van der Waals surface area contributed by atoms with Gasteiger partial charge in [-0.2, -0.15) is 0 Å². The minimum Gasteiger partial charge on any atom is -0.352 e. The maximum Gasteiger partial charge on any atom is 0.237 e. The Kier molecular flexibility index (Phi) is 5.62. The SMILES string of the molecule is CC(NC1CCN(S(C)(=O)=O)CC1)C(=O)NC1CCCC1. The van der Waals surface area contributed by atoms with Crippen LogP contribution in [0.15, 0.2) is 0 Å². The highest BCUT2D eigenvalue weighted by Crippen LogP contribution is 2.18. The fourth-order valence-corrected chi connectivity index (χ4v) is 4.05. The van der Waals surface area contributed by atoms with Gasteiger partial charge in [-0.15, -0.1) is 0 Å². The molecule has 1 atom stereocenters. The van der Waals surface area contributed by atoms with E-state index in [-0.39, 0.29) is 18.0 Å². The second kappa shape index (κ2) is 7.07. The van der Waals surface area contributed by atoms with Crippen LogP contribution >= 0.6 is 0 Å². The highest BCUT2D eigenvalue weighted by atomic mass is 32.2. The van der Waals surface area contributed by atoms with E-state index in [4.69, 9.17) is 0 Å². The molecule has 2 N–H and O–H groups in total. The van der Waals surface area contributed by atoms with E-state index in [0.717, 1.165) is 25.7 Å². The Balaban J connectivity index is 1.73. The average Bonchev–Trinajstić information content (AvgIpc) is 2.91. The van der Waals surface area contributed by atoms with E-state index in [1.165, 1.54) is 23.4 Å². The molecule has 122 valence electrons. The molecule has 1 aliphatic heterocycles. The van der Waals surface area contributed by atoms with E-state index in [9.17, 15) is 13.2 Å². The Hall–Kier alpha value is -0.660. The summed E-state index contributed by atoms with van der Waals surface area (Å²) >= 11 is 0. The second-order valence-electron chi connectivity index (χ2n) is 6.31. The van der Waals surface area contributed by atoms with Gasteiger partial charge in [-0.05, 0) is 32.6 Å². The largest absolute Gasteiger partial charge is 0.352 e. The number of nitrogens with zero attached hydrogens (tertiary/aromatic N) is 1. The molecule has 6 nitrogen and oxygen atoms in total. The summed E-state index contributed by atoms with van der Waals surface area (Å²) < 4.78 is 24.4. The molecule has 2 aliphatic rings. The van der Waals surface area contributed by atoms with Crippen molar-refractivity contribution in [2.75, 3.05) is 19.3 Å². The molecule has 1 aliphatic carbocycles. The number of sulfonamides is 1. The van der Waals surface area contributed by atoms with Crippen molar-refractivity contribution in [2.24, 2.45) is 0 Å². The van der Waals surface area contributed by atoms with E-state index in [2.05, 4.69) is 10.6 Å². The van der Waals surface area contributed by atoms with Gasteiger partial charge in [0.2, 0.25) is 15.9 Å². The molecule has 0 spiro atoms. The lowest BCUT2D eigenvalue weighted by Gasteiger charge is -2.32. The van der Waals surface area contributed by atoms with Crippen LogP contribution in [0.1, 0.15) is 45.4 Å². The Morgan fingerprint density at radius 3 is 2.19 bits per heavy atom. The van der Waals surface area contributed by atoms with Crippen molar-refractivity contribution >= 4 is 15.9 Å². The maximum atomic E-state index is 12.1. The van der Waals surface area contributed by atoms with Crippen LogP contribution in [0.2, 0.25) is 0 Å². The minimum atomic E-state index is -3.08. The molecule has 1 amide bonds. The van der Waals surface area contributed by atoms with Gasteiger partial charge in [0.1, 0.15) is 0 Å². The van der Waals surface area contributed by atoms with Gasteiger partial charge in [0, 0.05) is 25.2 Å². The Morgan fingerprint density at radius 2 is 1.67 bits per heavy atom. The first-order valence-corrected chi connectivity index (χ1v) is 9.72. The smallest absolute Gasteiger partial charge is 0.237 e. The molecular formula is C14H27N3O3S. The number of carbonyl (C=O) groups is 1. The summed E-state index contributed by atoms with van der Waals surface area (Å²) in [6.07, 6.45) is 7.35. The number of rotatable bonds is 5. The molecule has 2 fully saturated rings.